The first-order chi connectivity index (χ1) is 9.32. The van der Waals surface area contributed by atoms with Gasteiger partial charge in [0.25, 0.3) is 0 Å². The molecule has 0 heterocycles. The van der Waals surface area contributed by atoms with Gasteiger partial charge in [0.05, 0.1) is 17.1 Å². The number of anilines is 1. The van der Waals surface area contributed by atoms with E-state index in [1.54, 1.807) is 12.1 Å². The second kappa shape index (κ2) is 7.14. The number of rotatable bonds is 5. The summed E-state index contributed by atoms with van der Waals surface area (Å²) < 4.78 is 0. The second-order valence-electron chi connectivity index (χ2n) is 4.79. The van der Waals surface area contributed by atoms with Gasteiger partial charge in [-0.1, -0.05) is 23.7 Å². The number of carboxylic acids is 1. The Kier molecular flexibility index (Phi) is 5.82. The van der Waals surface area contributed by atoms with Crippen molar-refractivity contribution in [2.24, 2.45) is 0 Å². The third-order valence-corrected chi connectivity index (χ3v) is 3.22. The molecule has 0 unspecified atom stereocenters. The summed E-state index contributed by atoms with van der Waals surface area (Å²) in [7, 11) is 0. The fraction of sp³-hybridized carbons (Fsp3) is 0.429. The van der Waals surface area contributed by atoms with Gasteiger partial charge in [-0.3, -0.25) is 4.79 Å². The number of nitrogens with one attached hydrogen (secondary N) is 1. The number of hydrogen-bond acceptors (Lipinski definition) is 2. The smallest absolute Gasteiger partial charge is 0.322 e. The fourth-order valence-corrected chi connectivity index (χ4v) is 2.05. The lowest BCUT2D eigenvalue weighted by Gasteiger charge is -2.27. The Morgan fingerprint density at radius 2 is 2.05 bits per heavy atom. The maximum atomic E-state index is 12.2. The number of carbonyl (C=O) groups is 2. The predicted molar refractivity (Wildman–Crippen MR) is 79.3 cm³/mol. The Labute approximate surface area is 123 Å². The van der Waals surface area contributed by atoms with Gasteiger partial charge < -0.3 is 15.3 Å². The summed E-state index contributed by atoms with van der Waals surface area (Å²) in [5.41, 5.74) is 1.41. The van der Waals surface area contributed by atoms with E-state index in [0.29, 0.717) is 10.7 Å². The van der Waals surface area contributed by atoms with Crippen LogP contribution in [0.15, 0.2) is 18.2 Å². The van der Waals surface area contributed by atoms with Crippen LogP contribution in [0, 0.1) is 6.92 Å². The monoisotopic (exact) mass is 298 g/mol. The Hall–Kier alpha value is -1.75. The molecule has 0 fully saturated rings. The lowest BCUT2D eigenvalue weighted by molar-refractivity contribution is -0.137. The van der Waals surface area contributed by atoms with Gasteiger partial charge in [-0.15, -0.1) is 0 Å². The normalized spacial score (nSPS) is 10.4. The van der Waals surface area contributed by atoms with E-state index in [1.165, 1.54) is 4.90 Å². The van der Waals surface area contributed by atoms with Crippen molar-refractivity contribution in [2.75, 3.05) is 11.9 Å². The Balaban J connectivity index is 2.83. The number of carbonyl (C=O) groups excluding carboxylic acids is 1. The van der Waals surface area contributed by atoms with Gasteiger partial charge >= 0.3 is 12.0 Å². The molecule has 0 saturated carbocycles. The van der Waals surface area contributed by atoms with E-state index < -0.39 is 5.97 Å². The summed E-state index contributed by atoms with van der Waals surface area (Å²) in [5, 5.41) is 11.9. The van der Waals surface area contributed by atoms with E-state index in [0.717, 1.165) is 5.56 Å². The van der Waals surface area contributed by atoms with Crippen LogP contribution < -0.4 is 5.32 Å². The predicted octanol–water partition coefficient (Wildman–Crippen LogP) is 3.37. The number of hydrogen-bond donors (Lipinski definition) is 2. The summed E-state index contributed by atoms with van der Waals surface area (Å²) in [6.45, 7) is 5.67. The number of aryl methyl sites for hydroxylation is 1. The third kappa shape index (κ3) is 4.42. The molecule has 0 aliphatic carbocycles. The number of aliphatic carboxylic acids is 1. The van der Waals surface area contributed by atoms with E-state index >= 15 is 0 Å². The summed E-state index contributed by atoms with van der Waals surface area (Å²) in [6, 6.07) is 4.90. The molecule has 0 bridgehead atoms. The van der Waals surface area contributed by atoms with Crippen molar-refractivity contribution in [2.45, 2.75) is 33.2 Å². The van der Waals surface area contributed by atoms with E-state index in [1.807, 2.05) is 26.8 Å². The zero-order valence-electron chi connectivity index (χ0n) is 11.8. The molecule has 1 aromatic carbocycles. The molecule has 0 saturated heterocycles. The summed E-state index contributed by atoms with van der Waals surface area (Å²) >= 11 is 6.06. The Bertz CT molecular complexity index is 483. The van der Waals surface area contributed by atoms with Crippen LogP contribution in [-0.2, 0) is 4.79 Å². The number of benzene rings is 1. The maximum absolute atomic E-state index is 12.2. The van der Waals surface area contributed by atoms with Crippen LogP contribution in [0.1, 0.15) is 25.8 Å². The summed E-state index contributed by atoms with van der Waals surface area (Å²) in [5.74, 6) is -0.933. The van der Waals surface area contributed by atoms with E-state index in [2.05, 4.69) is 5.32 Å². The number of halogens is 1. The minimum Gasteiger partial charge on any atom is -0.481 e. The van der Waals surface area contributed by atoms with Crippen LogP contribution in [0.5, 0.6) is 0 Å². The van der Waals surface area contributed by atoms with Gasteiger partial charge in [-0.25, -0.2) is 4.79 Å². The van der Waals surface area contributed by atoms with Crippen molar-refractivity contribution in [3.8, 4) is 0 Å². The number of nitrogens with zero attached hydrogens (tertiary/aromatic N) is 1. The fourth-order valence-electron chi connectivity index (χ4n) is 1.78. The molecular formula is C14H19ClN2O3. The lowest BCUT2D eigenvalue weighted by Crippen LogP contribution is -2.41. The standard InChI is InChI=1S/C14H19ClN2O3/c1-9(2)17(8-7-12(18)19)14(20)16-13-10(3)5-4-6-11(13)15/h4-6,9H,7-8H2,1-3H3,(H,16,20)(H,18,19). The molecule has 110 valence electrons. The van der Waals surface area contributed by atoms with Crippen molar-refractivity contribution in [3.05, 3.63) is 28.8 Å². The first-order valence-corrected chi connectivity index (χ1v) is 6.75. The van der Waals surface area contributed by atoms with Crippen LogP contribution in [0.3, 0.4) is 0 Å². The zero-order chi connectivity index (χ0) is 15.3. The van der Waals surface area contributed by atoms with Gasteiger partial charge in [0.1, 0.15) is 0 Å². The summed E-state index contributed by atoms with van der Waals surface area (Å²) in [6.07, 6.45) is -0.0902. The van der Waals surface area contributed by atoms with E-state index in [9.17, 15) is 9.59 Å². The van der Waals surface area contributed by atoms with E-state index in [4.69, 9.17) is 16.7 Å². The molecule has 5 nitrogen and oxygen atoms in total. The molecular weight excluding hydrogens is 280 g/mol. The maximum Gasteiger partial charge on any atom is 0.322 e. The average Bonchev–Trinajstić information content (AvgIpc) is 2.33. The van der Waals surface area contributed by atoms with Gasteiger partial charge in [0.2, 0.25) is 0 Å². The molecule has 0 aliphatic rings. The third-order valence-electron chi connectivity index (χ3n) is 2.90. The van der Waals surface area contributed by atoms with Gasteiger partial charge in [-0.05, 0) is 32.4 Å². The number of urea groups is 1. The SMILES string of the molecule is Cc1cccc(Cl)c1NC(=O)N(CCC(=O)O)C(C)C. The first-order valence-electron chi connectivity index (χ1n) is 6.37. The number of para-hydroxylation sites is 1. The van der Waals surface area contributed by atoms with E-state index in [-0.39, 0.29) is 25.0 Å². The largest absolute Gasteiger partial charge is 0.481 e. The molecule has 0 aromatic heterocycles. The van der Waals surface area contributed by atoms with Crippen LogP contribution >= 0.6 is 11.6 Å². The molecule has 1 rings (SSSR count). The number of carboxylic acid groups (broad SMARTS) is 1. The minimum absolute atomic E-state index is 0.0902. The second-order valence-corrected chi connectivity index (χ2v) is 5.20. The van der Waals surface area contributed by atoms with Gasteiger partial charge in [0.15, 0.2) is 0 Å². The Morgan fingerprint density at radius 1 is 1.40 bits per heavy atom. The minimum atomic E-state index is -0.933. The molecule has 0 radical (unpaired) electrons. The van der Waals surface area contributed by atoms with Crippen LogP contribution in [-0.4, -0.2) is 34.6 Å². The Morgan fingerprint density at radius 3 is 2.55 bits per heavy atom. The molecule has 0 atom stereocenters. The summed E-state index contributed by atoms with van der Waals surface area (Å²) in [4.78, 5) is 24.3. The highest BCUT2D eigenvalue weighted by Crippen LogP contribution is 2.25. The van der Waals surface area contributed by atoms with Crippen molar-refractivity contribution in [1.29, 1.82) is 0 Å². The van der Waals surface area contributed by atoms with Gasteiger partial charge in [0, 0.05) is 12.6 Å². The molecule has 6 heteroatoms. The van der Waals surface area contributed by atoms with Crippen LogP contribution in [0.4, 0.5) is 10.5 Å². The topological polar surface area (TPSA) is 69.6 Å². The molecule has 20 heavy (non-hydrogen) atoms. The van der Waals surface area contributed by atoms with Crippen molar-refractivity contribution in [3.63, 3.8) is 0 Å². The molecule has 2 amide bonds. The van der Waals surface area contributed by atoms with Crippen LogP contribution in [0.2, 0.25) is 5.02 Å². The molecule has 1 aromatic rings. The quantitative estimate of drug-likeness (QED) is 0.875. The highest BCUT2D eigenvalue weighted by molar-refractivity contribution is 6.33. The van der Waals surface area contributed by atoms with Gasteiger partial charge in [-0.2, -0.15) is 0 Å². The number of amides is 2. The molecule has 2 N–H and O–H groups in total. The highest BCUT2D eigenvalue weighted by atomic mass is 35.5. The van der Waals surface area contributed by atoms with Crippen molar-refractivity contribution in [1.82, 2.24) is 4.90 Å². The van der Waals surface area contributed by atoms with Crippen LogP contribution in [0.25, 0.3) is 0 Å². The van der Waals surface area contributed by atoms with Crippen molar-refractivity contribution < 1.29 is 14.7 Å². The average molecular weight is 299 g/mol. The zero-order valence-corrected chi connectivity index (χ0v) is 12.6. The van der Waals surface area contributed by atoms with Crippen molar-refractivity contribution >= 4 is 29.3 Å². The highest BCUT2D eigenvalue weighted by Gasteiger charge is 2.19. The lowest BCUT2D eigenvalue weighted by atomic mass is 10.2. The molecule has 0 spiro atoms. The molecule has 0 aliphatic heterocycles. The first kappa shape index (κ1) is 16.3.